The Morgan fingerprint density at radius 3 is 2.40 bits per heavy atom. The Labute approximate surface area is 207 Å². The summed E-state index contributed by atoms with van der Waals surface area (Å²) in [6.07, 6.45) is 8.04. The van der Waals surface area contributed by atoms with Gasteiger partial charge in [0.2, 0.25) is 11.6 Å². The summed E-state index contributed by atoms with van der Waals surface area (Å²) in [5, 5.41) is 13.5. The van der Waals surface area contributed by atoms with Gasteiger partial charge in [0, 0.05) is 37.4 Å². The SMILES string of the molecule is CO[C@H]1C[C@H](C)CC2=C(N)C(=O)C=C(NC(=O)/C(C)=C/C=C\[C@H](OC)C/C(C)=C/[C@H](C)[C@H]1O)C2=O. The molecule has 1 amide bonds. The fraction of sp³-hybridized carbons (Fsp3) is 0.519. The Kier molecular flexibility index (Phi) is 10.4. The number of ether oxygens (including phenoxy) is 2. The molecular formula is C27H38N2O6. The first-order chi connectivity index (χ1) is 16.5. The number of nitrogens with two attached hydrogens (primary N) is 1. The van der Waals surface area contributed by atoms with Gasteiger partial charge in [0.15, 0.2) is 0 Å². The molecule has 2 aliphatic rings. The predicted molar refractivity (Wildman–Crippen MR) is 134 cm³/mol. The topological polar surface area (TPSA) is 128 Å². The molecule has 0 saturated carbocycles. The molecule has 0 aromatic heterocycles. The minimum atomic E-state index is -0.772. The highest BCUT2D eigenvalue weighted by atomic mass is 16.5. The highest BCUT2D eigenvalue weighted by molar-refractivity contribution is 6.23. The van der Waals surface area contributed by atoms with Crippen LogP contribution >= 0.6 is 0 Å². The molecular weight excluding hydrogens is 448 g/mol. The van der Waals surface area contributed by atoms with E-state index >= 15 is 0 Å². The van der Waals surface area contributed by atoms with Gasteiger partial charge in [-0.3, -0.25) is 14.4 Å². The van der Waals surface area contributed by atoms with Crippen LogP contribution in [0.5, 0.6) is 0 Å². The van der Waals surface area contributed by atoms with E-state index in [0.29, 0.717) is 18.4 Å². The van der Waals surface area contributed by atoms with Crippen LogP contribution in [0.15, 0.2) is 58.5 Å². The zero-order valence-corrected chi connectivity index (χ0v) is 21.5. The zero-order valence-electron chi connectivity index (χ0n) is 21.5. The third kappa shape index (κ3) is 7.59. The third-order valence-electron chi connectivity index (χ3n) is 6.45. The Morgan fingerprint density at radius 2 is 1.77 bits per heavy atom. The molecule has 8 heteroatoms. The molecule has 0 spiro atoms. The first-order valence-corrected chi connectivity index (χ1v) is 11.8. The van der Waals surface area contributed by atoms with Gasteiger partial charge in [-0.2, -0.15) is 0 Å². The Hall–Kier alpha value is -2.81. The monoisotopic (exact) mass is 486 g/mol. The standard InChI is InChI=1S/C27H38N2O6/c1-15-10-18(4)25(31)23(35-6)13-16(2)12-20-24(28)22(30)14-21(26(20)32)29-27(33)17(3)8-7-9-19(11-15)34-5/h7-10,14,16,18-19,23,25,31H,11-13,28H2,1-6H3,(H,29,33)/b9-7-,15-10+,17-8+/t16-,18+,19+,23+,25-/m1/s1. The molecule has 0 radical (unpaired) electrons. The van der Waals surface area contributed by atoms with Crippen LogP contribution in [-0.2, 0) is 23.9 Å². The van der Waals surface area contributed by atoms with Gasteiger partial charge in [-0.15, -0.1) is 0 Å². The van der Waals surface area contributed by atoms with Crippen LogP contribution in [0.1, 0.15) is 47.0 Å². The summed E-state index contributed by atoms with van der Waals surface area (Å²) in [7, 11) is 3.15. The molecule has 0 aromatic carbocycles. The van der Waals surface area contributed by atoms with Crippen LogP contribution in [-0.4, -0.2) is 55.1 Å². The summed E-state index contributed by atoms with van der Waals surface area (Å²) in [4.78, 5) is 38.2. The number of Topliss-reactive ketones (excluding diaryl/α,β-unsaturated/α-hetero) is 1. The smallest absolute Gasteiger partial charge is 0.251 e. The molecule has 35 heavy (non-hydrogen) atoms. The summed E-state index contributed by atoms with van der Waals surface area (Å²) >= 11 is 0. The molecule has 5 atom stereocenters. The first-order valence-electron chi connectivity index (χ1n) is 11.8. The highest BCUT2D eigenvalue weighted by Gasteiger charge is 2.31. The van der Waals surface area contributed by atoms with Gasteiger partial charge < -0.3 is 25.6 Å². The van der Waals surface area contributed by atoms with Crippen LogP contribution in [0, 0.1) is 11.8 Å². The lowest BCUT2D eigenvalue weighted by Gasteiger charge is -2.28. The molecule has 1 aliphatic heterocycles. The van der Waals surface area contributed by atoms with Gasteiger partial charge >= 0.3 is 0 Å². The number of methoxy groups -OCH3 is 2. The van der Waals surface area contributed by atoms with Crippen LogP contribution < -0.4 is 11.1 Å². The van der Waals surface area contributed by atoms with Gasteiger partial charge in [0.05, 0.1) is 29.7 Å². The quantitative estimate of drug-likeness (QED) is 0.404. The van der Waals surface area contributed by atoms with Crippen LogP contribution in [0.4, 0.5) is 0 Å². The Bertz CT molecular complexity index is 988. The van der Waals surface area contributed by atoms with E-state index in [1.165, 1.54) is 0 Å². The number of amides is 1. The van der Waals surface area contributed by atoms with Crippen molar-refractivity contribution in [3.8, 4) is 0 Å². The van der Waals surface area contributed by atoms with Crippen molar-refractivity contribution in [1.29, 1.82) is 0 Å². The first kappa shape index (κ1) is 28.4. The molecule has 192 valence electrons. The van der Waals surface area contributed by atoms with E-state index in [2.05, 4.69) is 5.32 Å². The van der Waals surface area contributed by atoms with E-state index in [0.717, 1.165) is 11.6 Å². The van der Waals surface area contributed by atoms with Crippen molar-refractivity contribution in [3.05, 3.63) is 58.5 Å². The molecule has 0 fully saturated rings. The third-order valence-corrected chi connectivity index (χ3v) is 6.45. The van der Waals surface area contributed by atoms with E-state index in [4.69, 9.17) is 15.2 Å². The van der Waals surface area contributed by atoms with E-state index < -0.39 is 29.7 Å². The lowest BCUT2D eigenvalue weighted by molar-refractivity contribution is -0.120. The molecule has 2 bridgehead atoms. The highest BCUT2D eigenvalue weighted by Crippen LogP contribution is 2.27. The number of fused-ring (bicyclic) bond motifs is 2. The molecule has 2 rings (SSSR count). The number of allylic oxidation sites excluding steroid dienone is 4. The molecule has 4 N–H and O–H groups in total. The predicted octanol–water partition coefficient (Wildman–Crippen LogP) is 2.65. The second-order valence-corrected chi connectivity index (χ2v) is 9.49. The van der Waals surface area contributed by atoms with E-state index in [-0.39, 0.29) is 41.3 Å². The number of aliphatic hydroxyl groups is 1. The maximum Gasteiger partial charge on any atom is 0.251 e. The second kappa shape index (κ2) is 12.8. The lowest BCUT2D eigenvalue weighted by atomic mass is 9.85. The average Bonchev–Trinajstić information content (AvgIpc) is 2.81. The molecule has 0 saturated heterocycles. The van der Waals surface area contributed by atoms with Crippen LogP contribution in [0.3, 0.4) is 0 Å². The van der Waals surface area contributed by atoms with Crippen LogP contribution in [0.2, 0.25) is 0 Å². The summed E-state index contributed by atoms with van der Waals surface area (Å²) in [6.45, 7) is 7.43. The number of ketones is 2. The van der Waals surface area contributed by atoms with Crippen molar-refractivity contribution in [2.75, 3.05) is 14.2 Å². The van der Waals surface area contributed by atoms with Crippen molar-refractivity contribution < 1.29 is 29.0 Å². The minimum Gasteiger partial charge on any atom is -0.395 e. The number of carbonyl (C=O) groups excluding carboxylic acids is 3. The summed E-state index contributed by atoms with van der Waals surface area (Å²) in [5.74, 6) is -1.80. The Balaban J connectivity index is 2.46. The van der Waals surface area contributed by atoms with Crippen molar-refractivity contribution in [2.24, 2.45) is 17.6 Å². The number of carbonyl (C=O) groups is 3. The van der Waals surface area contributed by atoms with Gasteiger partial charge in [0.25, 0.3) is 5.91 Å². The molecule has 8 nitrogen and oxygen atoms in total. The fourth-order valence-corrected chi connectivity index (χ4v) is 4.33. The number of hydrogen-bond acceptors (Lipinski definition) is 7. The second-order valence-electron chi connectivity index (χ2n) is 9.49. The largest absolute Gasteiger partial charge is 0.395 e. The number of hydrogen-bond donors (Lipinski definition) is 3. The van der Waals surface area contributed by atoms with E-state index in [1.54, 1.807) is 33.3 Å². The summed E-state index contributed by atoms with van der Waals surface area (Å²) < 4.78 is 11.1. The lowest BCUT2D eigenvalue weighted by Crippen LogP contribution is -2.36. The number of aliphatic hydroxyl groups excluding tert-OH is 1. The molecule has 0 aromatic rings. The fourth-order valence-electron chi connectivity index (χ4n) is 4.33. The van der Waals surface area contributed by atoms with E-state index in [1.807, 2.05) is 32.9 Å². The van der Waals surface area contributed by atoms with Crippen molar-refractivity contribution in [1.82, 2.24) is 5.32 Å². The van der Waals surface area contributed by atoms with Gasteiger partial charge in [-0.1, -0.05) is 43.7 Å². The molecule has 1 aliphatic carbocycles. The van der Waals surface area contributed by atoms with Crippen molar-refractivity contribution in [3.63, 3.8) is 0 Å². The van der Waals surface area contributed by atoms with Crippen molar-refractivity contribution in [2.45, 2.75) is 65.3 Å². The number of nitrogens with one attached hydrogen (secondary N) is 1. The maximum absolute atomic E-state index is 13.1. The van der Waals surface area contributed by atoms with E-state index in [9.17, 15) is 19.5 Å². The maximum atomic E-state index is 13.1. The summed E-state index contributed by atoms with van der Waals surface area (Å²) in [6, 6.07) is 0. The normalized spacial score (nSPS) is 33.9. The number of rotatable bonds is 2. The molecule has 1 heterocycles. The minimum absolute atomic E-state index is 0.0995. The van der Waals surface area contributed by atoms with Gasteiger partial charge in [-0.25, -0.2) is 0 Å². The Morgan fingerprint density at radius 1 is 1.09 bits per heavy atom. The summed E-state index contributed by atoms with van der Waals surface area (Å²) in [5.41, 5.74) is 7.33. The van der Waals surface area contributed by atoms with Crippen LogP contribution in [0.25, 0.3) is 0 Å². The molecule has 0 unspecified atom stereocenters. The van der Waals surface area contributed by atoms with Gasteiger partial charge in [0.1, 0.15) is 0 Å². The average molecular weight is 487 g/mol. The zero-order chi connectivity index (χ0) is 26.3. The van der Waals surface area contributed by atoms with Crippen molar-refractivity contribution >= 4 is 17.5 Å². The van der Waals surface area contributed by atoms with Gasteiger partial charge in [-0.05, 0) is 39.0 Å².